The Morgan fingerprint density at radius 3 is 3.17 bits per heavy atom. The fourth-order valence-electron chi connectivity index (χ4n) is 5.41. The van der Waals surface area contributed by atoms with Gasteiger partial charge in [0.2, 0.25) is 0 Å². The number of rotatable bonds is 1. The number of nitrogens with one attached hydrogen (secondary N) is 2. The van der Waals surface area contributed by atoms with Gasteiger partial charge in [0, 0.05) is 33.3 Å². The molecular weight excluding hydrogens is 316 g/mol. The summed E-state index contributed by atoms with van der Waals surface area (Å²) in [5.74, 6) is 2.11. The topological polar surface area (TPSA) is 33.3 Å². The molecule has 3 saturated heterocycles. The third-order valence-electron chi connectivity index (χ3n) is 6.55. The summed E-state index contributed by atoms with van der Waals surface area (Å²) in [6.45, 7) is 0.374. The highest BCUT2D eigenvalue weighted by molar-refractivity contribution is 8.01. The van der Waals surface area contributed by atoms with Crippen LogP contribution in [0.5, 0.6) is 0 Å². The quantitative estimate of drug-likeness (QED) is 0.703. The summed E-state index contributed by atoms with van der Waals surface area (Å²) >= 11 is 2.05. The maximum atomic E-state index is 7.75. The summed E-state index contributed by atoms with van der Waals surface area (Å²) in [4.78, 5) is 0. The molecule has 3 nitrogen and oxygen atoms in total. The molecule has 7 atom stereocenters. The number of hydrogen-bond acceptors (Lipinski definition) is 4. The molecular formula is C20H30N2OS. The van der Waals surface area contributed by atoms with Gasteiger partial charge in [-0.3, -0.25) is 10.6 Å². The minimum atomic E-state index is -1.94. The van der Waals surface area contributed by atoms with Crippen molar-refractivity contribution < 1.29 is 8.85 Å². The van der Waals surface area contributed by atoms with Crippen LogP contribution in [0.2, 0.25) is 0 Å². The molecule has 0 amide bonds. The van der Waals surface area contributed by atoms with E-state index in [9.17, 15) is 0 Å². The van der Waals surface area contributed by atoms with Gasteiger partial charge in [0.05, 0.1) is 5.37 Å². The fraction of sp³-hybridized carbons (Fsp3) is 0.800. The van der Waals surface area contributed by atoms with Crippen LogP contribution in [-0.2, 0) is 4.74 Å². The van der Waals surface area contributed by atoms with Crippen LogP contribution < -0.4 is 10.6 Å². The molecule has 2 N–H and O–H groups in total. The normalized spacial score (nSPS) is 50.0. The van der Waals surface area contributed by atoms with Gasteiger partial charge in [-0.25, -0.2) is 0 Å². The van der Waals surface area contributed by atoms with E-state index in [1.807, 2.05) is 11.8 Å². The van der Waals surface area contributed by atoms with Crippen molar-refractivity contribution in [2.45, 2.75) is 87.7 Å². The molecule has 4 unspecified atom stereocenters. The van der Waals surface area contributed by atoms with Gasteiger partial charge in [-0.1, -0.05) is 13.0 Å². The molecule has 5 rings (SSSR count). The molecule has 4 heterocycles. The Hall–Kier alpha value is -0.450. The van der Waals surface area contributed by atoms with Gasteiger partial charge in [0.25, 0.3) is 0 Å². The molecule has 0 aromatic rings. The van der Waals surface area contributed by atoms with E-state index in [1.165, 1.54) is 30.6 Å². The minimum absolute atomic E-state index is 0.118. The smallest absolute Gasteiger partial charge is 0.153 e. The largest absolute Gasteiger partial charge is 0.479 e. The molecule has 0 aromatic heterocycles. The van der Waals surface area contributed by atoms with Crippen molar-refractivity contribution in [1.82, 2.24) is 10.6 Å². The van der Waals surface area contributed by atoms with E-state index in [2.05, 4.69) is 23.6 Å². The van der Waals surface area contributed by atoms with Gasteiger partial charge in [-0.2, -0.15) is 0 Å². The lowest BCUT2D eigenvalue weighted by Gasteiger charge is -2.34. The van der Waals surface area contributed by atoms with Crippen LogP contribution in [0.3, 0.4) is 0 Å². The maximum absolute atomic E-state index is 7.75. The lowest BCUT2D eigenvalue weighted by atomic mass is 9.76. The number of ether oxygens (including phenoxy) is 1. The second kappa shape index (κ2) is 6.07. The molecule has 5 aliphatic rings. The predicted octanol–water partition coefficient (Wildman–Crippen LogP) is 3.92. The summed E-state index contributed by atoms with van der Waals surface area (Å²) in [6, 6.07) is -0.0504. The SMILES string of the molecule is [2H]C([2H])([2H])[C@@H]1CCC2C(N1)OC1=C([C@H]3CC=C4C[C@@H](C)SC4N3)CCCC12. The monoisotopic (exact) mass is 349 g/mol. The Balaban J connectivity index is 1.37. The molecule has 24 heavy (non-hydrogen) atoms. The van der Waals surface area contributed by atoms with Crippen LogP contribution in [-0.4, -0.2) is 28.9 Å². The first-order valence-electron chi connectivity index (χ1n) is 11.2. The summed E-state index contributed by atoms with van der Waals surface area (Å²) < 4.78 is 29.7. The van der Waals surface area contributed by atoms with E-state index in [1.54, 1.807) is 5.57 Å². The molecule has 0 aromatic carbocycles. The van der Waals surface area contributed by atoms with Crippen LogP contribution in [0.4, 0.5) is 0 Å². The first-order valence-corrected chi connectivity index (χ1v) is 10.6. The van der Waals surface area contributed by atoms with Gasteiger partial charge in [-0.15, -0.1) is 11.8 Å². The third-order valence-corrected chi connectivity index (χ3v) is 7.89. The Morgan fingerprint density at radius 2 is 2.25 bits per heavy atom. The van der Waals surface area contributed by atoms with Crippen molar-refractivity contribution in [3.05, 3.63) is 23.0 Å². The lowest BCUT2D eigenvalue weighted by molar-refractivity contribution is 0.0575. The molecule has 1 aliphatic carbocycles. The van der Waals surface area contributed by atoms with Gasteiger partial charge >= 0.3 is 0 Å². The fourth-order valence-corrected chi connectivity index (χ4v) is 6.78. The molecule has 3 fully saturated rings. The number of fused-ring (bicyclic) bond motifs is 4. The zero-order valence-corrected chi connectivity index (χ0v) is 15.2. The van der Waals surface area contributed by atoms with Gasteiger partial charge in [0.15, 0.2) is 6.23 Å². The predicted molar refractivity (Wildman–Crippen MR) is 99.6 cm³/mol. The molecule has 4 heteroatoms. The van der Waals surface area contributed by atoms with Crippen molar-refractivity contribution >= 4 is 11.8 Å². The third kappa shape index (κ3) is 2.57. The van der Waals surface area contributed by atoms with Crippen molar-refractivity contribution in [2.24, 2.45) is 11.8 Å². The van der Waals surface area contributed by atoms with E-state index in [0.717, 1.165) is 25.7 Å². The summed E-state index contributed by atoms with van der Waals surface area (Å²) in [5, 5.41) is 8.38. The summed E-state index contributed by atoms with van der Waals surface area (Å²) in [7, 11) is 0. The van der Waals surface area contributed by atoms with E-state index in [-0.39, 0.29) is 6.23 Å². The maximum Gasteiger partial charge on any atom is 0.153 e. The minimum Gasteiger partial charge on any atom is -0.479 e. The highest BCUT2D eigenvalue weighted by atomic mass is 32.2. The average Bonchev–Trinajstić information content (AvgIpc) is 3.18. The summed E-state index contributed by atoms with van der Waals surface area (Å²) in [6.07, 6.45) is 9.83. The van der Waals surface area contributed by atoms with Crippen LogP contribution in [0, 0.1) is 11.8 Å². The Labute approximate surface area is 154 Å². The van der Waals surface area contributed by atoms with Crippen molar-refractivity contribution in [2.75, 3.05) is 0 Å². The first kappa shape index (κ1) is 12.8. The van der Waals surface area contributed by atoms with Crippen LogP contribution >= 0.6 is 11.8 Å². The average molecular weight is 350 g/mol. The first-order chi connectivity index (χ1) is 12.9. The lowest BCUT2D eigenvalue weighted by Crippen LogP contribution is -2.45. The highest BCUT2D eigenvalue weighted by Crippen LogP contribution is 2.49. The highest BCUT2D eigenvalue weighted by Gasteiger charge is 2.47. The zero-order chi connectivity index (χ0) is 18.8. The van der Waals surface area contributed by atoms with Gasteiger partial charge < -0.3 is 4.74 Å². The zero-order valence-electron chi connectivity index (χ0n) is 17.4. The molecule has 0 saturated carbocycles. The standard InChI is InChI=1S/C20H30N2OS/c1-11-6-8-15-14-4-3-5-16(18(14)23-19(15)21-11)17-9-7-13-10-12(2)24-20(13)22-17/h7,11-12,14-15,17,19-22H,3-6,8-10H2,1-2H3/t11-,12-,14?,15?,17-,19?,20?/m1/s1/i1D3. The molecule has 132 valence electrons. The van der Waals surface area contributed by atoms with Crippen molar-refractivity contribution in [1.29, 1.82) is 0 Å². The Morgan fingerprint density at radius 1 is 1.29 bits per heavy atom. The second-order valence-electron chi connectivity index (χ2n) is 8.15. The van der Waals surface area contributed by atoms with E-state index in [4.69, 9.17) is 8.85 Å². The number of thioether (sulfide) groups is 1. The molecule has 0 radical (unpaired) electrons. The molecule has 0 bridgehead atoms. The molecule has 0 spiro atoms. The van der Waals surface area contributed by atoms with Crippen molar-refractivity contribution in [3.8, 4) is 0 Å². The number of hydrogen-bond donors (Lipinski definition) is 2. The van der Waals surface area contributed by atoms with Crippen LogP contribution in [0.1, 0.15) is 62.8 Å². The Bertz CT molecular complexity index is 677. The van der Waals surface area contributed by atoms with Gasteiger partial charge in [0.1, 0.15) is 5.76 Å². The molecule has 4 aliphatic heterocycles. The second-order valence-corrected chi connectivity index (χ2v) is 9.70. The van der Waals surface area contributed by atoms with Crippen molar-refractivity contribution in [3.63, 3.8) is 0 Å². The van der Waals surface area contributed by atoms with E-state index >= 15 is 0 Å². The summed E-state index contributed by atoms with van der Waals surface area (Å²) in [5.41, 5.74) is 3.04. The number of allylic oxidation sites excluding steroid dienone is 1. The van der Waals surface area contributed by atoms with Crippen LogP contribution in [0.15, 0.2) is 23.0 Å². The van der Waals surface area contributed by atoms with E-state index < -0.39 is 12.9 Å². The number of piperidine rings is 1. The Kier molecular flexibility index (Phi) is 3.24. The van der Waals surface area contributed by atoms with Gasteiger partial charge in [-0.05, 0) is 62.9 Å². The van der Waals surface area contributed by atoms with E-state index in [0.29, 0.717) is 28.5 Å². The van der Waals surface area contributed by atoms with Crippen LogP contribution in [0.25, 0.3) is 0 Å².